The Kier molecular flexibility index (Phi) is 2.49. The normalized spacial score (nSPS) is 9.27. The second-order valence-electron chi connectivity index (χ2n) is 2.03. The van der Waals surface area contributed by atoms with Crippen LogP contribution in [0.4, 0.5) is 0 Å². The summed E-state index contributed by atoms with van der Waals surface area (Å²) in [7, 11) is 3.26. The van der Waals surface area contributed by atoms with Crippen molar-refractivity contribution in [1.82, 2.24) is 4.42 Å². The van der Waals surface area contributed by atoms with Crippen molar-refractivity contribution in [3.05, 3.63) is 42.9 Å². The topological polar surface area (TPSA) is 20.3 Å². The van der Waals surface area contributed by atoms with Crippen LogP contribution in [-0.2, 0) is 0 Å². The Morgan fingerprint density at radius 3 is 2.36 bits per heavy atom. The quantitative estimate of drug-likeness (QED) is 0.588. The fourth-order valence-electron chi connectivity index (χ4n) is 0.721. The first-order valence-electron chi connectivity index (χ1n) is 3.07. The van der Waals surface area contributed by atoms with Crippen molar-refractivity contribution in [2.75, 3.05) is 0 Å². The van der Waals surface area contributed by atoms with Gasteiger partial charge in [0, 0.05) is 17.3 Å². The number of hydrogen-bond donors (Lipinski definition) is 0. The van der Waals surface area contributed by atoms with E-state index in [0.717, 1.165) is 4.42 Å². The third-order valence-corrected chi connectivity index (χ3v) is 1.39. The van der Waals surface area contributed by atoms with Gasteiger partial charge in [0.2, 0.25) is 0 Å². The predicted octanol–water partition coefficient (Wildman–Crippen LogP) is 2.07. The Bertz CT molecular complexity index is 246. The van der Waals surface area contributed by atoms with Crippen molar-refractivity contribution in [2.45, 2.75) is 0 Å². The van der Waals surface area contributed by atoms with E-state index in [-0.39, 0.29) is 5.91 Å². The molecule has 0 fully saturated rings. The fraction of sp³-hybridized carbons (Fsp3) is 0. The minimum atomic E-state index is -0.299. The fourth-order valence-corrected chi connectivity index (χ4v) is 0.818. The summed E-state index contributed by atoms with van der Waals surface area (Å²) in [6, 6.07) is 8.74. The number of carbonyl (C=O) groups excluding carboxylic acids is 1. The van der Waals surface area contributed by atoms with Crippen LogP contribution in [-0.4, -0.2) is 10.3 Å². The smallest absolute Gasteiger partial charge is 0.268 e. The Hall–Kier alpha value is -1.02. The molecular formula is C8H7ClNO. The molecule has 0 heterocycles. The molecule has 0 saturated heterocycles. The summed E-state index contributed by atoms with van der Waals surface area (Å²) >= 11 is 5.34. The van der Waals surface area contributed by atoms with Crippen LogP contribution in [0.2, 0.25) is 0 Å². The van der Waals surface area contributed by atoms with Gasteiger partial charge in [-0.1, -0.05) is 18.2 Å². The summed E-state index contributed by atoms with van der Waals surface area (Å²) in [5, 5.41) is 0. The van der Waals surface area contributed by atoms with Gasteiger partial charge >= 0.3 is 0 Å². The van der Waals surface area contributed by atoms with Crippen LogP contribution in [0.25, 0.3) is 0 Å². The van der Waals surface area contributed by atoms with E-state index in [2.05, 4.69) is 7.05 Å². The molecule has 3 heteroatoms. The van der Waals surface area contributed by atoms with Gasteiger partial charge in [0.25, 0.3) is 5.91 Å². The maximum atomic E-state index is 11.1. The number of halogens is 1. The van der Waals surface area contributed by atoms with Crippen LogP contribution in [0, 0.1) is 7.05 Å². The van der Waals surface area contributed by atoms with E-state index >= 15 is 0 Å². The first kappa shape index (κ1) is 8.08. The molecule has 0 unspecified atom stereocenters. The summed E-state index contributed by atoms with van der Waals surface area (Å²) in [6.45, 7) is 0. The molecule has 1 amide bonds. The molecule has 1 rings (SSSR count). The van der Waals surface area contributed by atoms with Crippen LogP contribution >= 0.6 is 11.8 Å². The van der Waals surface area contributed by atoms with Crippen molar-refractivity contribution >= 4 is 17.7 Å². The Labute approximate surface area is 70.5 Å². The van der Waals surface area contributed by atoms with Gasteiger partial charge in [0.15, 0.2) is 0 Å². The van der Waals surface area contributed by atoms with Crippen LogP contribution in [0.15, 0.2) is 30.3 Å². The minimum absolute atomic E-state index is 0.299. The summed E-state index contributed by atoms with van der Waals surface area (Å²) in [5.41, 5.74) is 0.539. The van der Waals surface area contributed by atoms with E-state index < -0.39 is 0 Å². The second kappa shape index (κ2) is 3.39. The molecule has 0 bridgehead atoms. The number of nitrogens with zero attached hydrogens (tertiary/aromatic N) is 1. The summed E-state index contributed by atoms with van der Waals surface area (Å²) in [6.07, 6.45) is 0. The average Bonchev–Trinajstić information content (AvgIpc) is 2.05. The van der Waals surface area contributed by atoms with Gasteiger partial charge in [-0.15, -0.1) is 0 Å². The number of amides is 1. The van der Waals surface area contributed by atoms with E-state index in [0.29, 0.717) is 5.56 Å². The molecule has 0 saturated carbocycles. The summed E-state index contributed by atoms with van der Waals surface area (Å²) in [4.78, 5) is 11.1. The lowest BCUT2D eigenvalue weighted by atomic mass is 10.2. The SMILES string of the molecule is [CH2]N(Cl)C(=O)c1ccccc1. The van der Waals surface area contributed by atoms with Gasteiger partial charge < -0.3 is 0 Å². The van der Waals surface area contributed by atoms with Gasteiger partial charge in [-0.2, -0.15) is 0 Å². The minimum Gasteiger partial charge on any atom is -0.268 e. The first-order valence-corrected chi connectivity index (χ1v) is 3.41. The monoisotopic (exact) mass is 168 g/mol. The van der Waals surface area contributed by atoms with E-state index in [1.54, 1.807) is 24.3 Å². The second-order valence-corrected chi connectivity index (χ2v) is 2.44. The number of benzene rings is 1. The number of hydrogen-bond acceptors (Lipinski definition) is 1. The van der Waals surface area contributed by atoms with Crippen molar-refractivity contribution < 1.29 is 4.79 Å². The van der Waals surface area contributed by atoms with Crippen LogP contribution in [0.1, 0.15) is 10.4 Å². The zero-order valence-corrected chi connectivity index (χ0v) is 6.58. The van der Waals surface area contributed by atoms with Crippen molar-refractivity contribution in [1.29, 1.82) is 0 Å². The van der Waals surface area contributed by atoms with E-state index in [9.17, 15) is 4.79 Å². The largest absolute Gasteiger partial charge is 0.268 e. The van der Waals surface area contributed by atoms with Gasteiger partial charge in [-0.25, -0.2) is 4.42 Å². The van der Waals surface area contributed by atoms with Crippen LogP contribution < -0.4 is 0 Å². The first-order chi connectivity index (χ1) is 5.22. The van der Waals surface area contributed by atoms with Gasteiger partial charge in [-0.3, -0.25) is 4.79 Å². The maximum absolute atomic E-state index is 11.1. The lowest BCUT2D eigenvalue weighted by molar-refractivity contribution is 0.0897. The van der Waals surface area contributed by atoms with Crippen molar-refractivity contribution in [3.63, 3.8) is 0 Å². The lowest BCUT2D eigenvalue weighted by Crippen LogP contribution is -2.13. The molecule has 0 spiro atoms. The molecular weight excluding hydrogens is 162 g/mol. The maximum Gasteiger partial charge on any atom is 0.268 e. The van der Waals surface area contributed by atoms with Crippen LogP contribution in [0.5, 0.6) is 0 Å². The molecule has 0 aliphatic rings. The highest BCUT2D eigenvalue weighted by atomic mass is 35.5. The molecule has 11 heavy (non-hydrogen) atoms. The Morgan fingerprint density at radius 2 is 1.91 bits per heavy atom. The highest BCUT2D eigenvalue weighted by Crippen LogP contribution is 2.04. The molecule has 0 aliphatic heterocycles. The molecule has 1 aromatic carbocycles. The molecule has 0 N–H and O–H groups in total. The molecule has 2 nitrogen and oxygen atoms in total. The van der Waals surface area contributed by atoms with Crippen molar-refractivity contribution in [3.8, 4) is 0 Å². The number of carbonyl (C=O) groups is 1. The average molecular weight is 169 g/mol. The zero-order valence-electron chi connectivity index (χ0n) is 5.83. The Morgan fingerprint density at radius 1 is 1.36 bits per heavy atom. The third kappa shape index (κ3) is 1.95. The summed E-state index contributed by atoms with van der Waals surface area (Å²) < 4.78 is 0.787. The standard InChI is InChI=1S/C8H7ClNO/c1-10(9)8(11)7-5-3-2-4-6-7/h2-6H,1H2. The molecule has 1 aromatic rings. The molecule has 0 aliphatic carbocycles. The van der Waals surface area contributed by atoms with Gasteiger partial charge in [0.1, 0.15) is 0 Å². The number of rotatable bonds is 1. The van der Waals surface area contributed by atoms with Gasteiger partial charge in [0.05, 0.1) is 7.05 Å². The predicted molar refractivity (Wildman–Crippen MR) is 43.8 cm³/mol. The third-order valence-electron chi connectivity index (χ3n) is 1.24. The highest BCUT2D eigenvalue weighted by molar-refractivity contribution is 6.24. The zero-order chi connectivity index (χ0) is 8.27. The molecule has 1 radical (unpaired) electrons. The van der Waals surface area contributed by atoms with Gasteiger partial charge in [-0.05, 0) is 12.1 Å². The van der Waals surface area contributed by atoms with E-state index in [4.69, 9.17) is 11.8 Å². The van der Waals surface area contributed by atoms with Crippen LogP contribution in [0.3, 0.4) is 0 Å². The summed E-state index contributed by atoms with van der Waals surface area (Å²) in [5.74, 6) is -0.299. The van der Waals surface area contributed by atoms with Crippen molar-refractivity contribution in [2.24, 2.45) is 0 Å². The molecule has 0 aromatic heterocycles. The molecule has 57 valence electrons. The van der Waals surface area contributed by atoms with E-state index in [1.165, 1.54) is 0 Å². The highest BCUT2D eigenvalue weighted by Gasteiger charge is 2.07. The Balaban J connectivity index is 2.86. The van der Waals surface area contributed by atoms with E-state index in [1.807, 2.05) is 6.07 Å². The molecule has 0 atom stereocenters. The lowest BCUT2D eigenvalue weighted by Gasteiger charge is -2.05.